The van der Waals surface area contributed by atoms with Crippen LogP contribution in [0.25, 0.3) is 150 Å². The molecule has 17 rings (SSSR count). The smallest absolute Gasteiger partial charge is 0.104 e. The van der Waals surface area contributed by atoms with Gasteiger partial charge < -0.3 is 19.4 Å². The highest BCUT2D eigenvalue weighted by atomic mass is 15.1. The van der Waals surface area contributed by atoms with Crippen LogP contribution in [0.4, 0.5) is 5.69 Å². The minimum absolute atomic E-state index is 0.210. The van der Waals surface area contributed by atoms with Crippen molar-refractivity contribution in [3.05, 3.63) is 325 Å². The van der Waals surface area contributed by atoms with Gasteiger partial charge in [0.05, 0.1) is 61.5 Å². The number of aromatic nitrogens is 3. The van der Waals surface area contributed by atoms with Gasteiger partial charge in [0.1, 0.15) is 23.8 Å². The van der Waals surface area contributed by atoms with Crippen molar-refractivity contribution in [1.29, 1.82) is 15.8 Å². The summed E-state index contributed by atoms with van der Waals surface area (Å²) >= 11 is 0. The maximum atomic E-state index is 12.7. The summed E-state index contributed by atoms with van der Waals surface area (Å²) in [5.74, 6) is 0. The summed E-state index contributed by atoms with van der Waals surface area (Å²) in [6.07, 6.45) is 3.72. The standard InChI is InChI=1S/C87H55N7/c88-52-68-32-31-67(45-69(68)53-89)83-86(93-79-41-35-63(57-23-11-3-12-24-57)48-72(79)73-49-64(36-42-80(73)93)58-25-13-4-14-26-58)84(91)76(54-90)85(92-77-39-33-61(55-19-7-1-8-20-55)46-70(77)71-47-62(34-40-78(71)92)56-21-9-2-10-22-56)87(83)94-81-43-37-65(59-27-15-5-16-28-59)50-74(81)75-51-66(38-44-82(75)94)60-29-17-6-18-30-60/h1-33,35-39,41-51H,34,40,91H2. The minimum atomic E-state index is 0.210. The summed E-state index contributed by atoms with van der Waals surface area (Å²) in [4.78, 5) is 0. The number of nitrogens with zero attached hydrogens (tertiary/aromatic N) is 6. The van der Waals surface area contributed by atoms with Crippen LogP contribution in [0.2, 0.25) is 0 Å². The first-order valence-electron chi connectivity index (χ1n) is 31.6. The van der Waals surface area contributed by atoms with Gasteiger partial charge in [0.2, 0.25) is 0 Å². The Balaban J connectivity index is 1.09. The van der Waals surface area contributed by atoms with Crippen LogP contribution in [-0.4, -0.2) is 13.7 Å². The van der Waals surface area contributed by atoms with Crippen LogP contribution in [0, 0.1) is 34.0 Å². The highest BCUT2D eigenvalue weighted by molar-refractivity contribution is 6.16. The lowest BCUT2D eigenvalue weighted by atomic mass is 9.90. The highest BCUT2D eigenvalue weighted by Crippen LogP contribution is 2.52. The summed E-state index contributed by atoms with van der Waals surface area (Å²) in [7, 11) is 0. The fourth-order valence-corrected chi connectivity index (χ4v) is 14.7. The zero-order valence-electron chi connectivity index (χ0n) is 51.0. The predicted octanol–water partition coefficient (Wildman–Crippen LogP) is 21.5. The average Bonchev–Trinajstić information content (AvgIpc) is 1.47. The number of hydrogen-bond acceptors (Lipinski definition) is 4. The molecule has 0 fully saturated rings. The number of nitrogens with two attached hydrogens (primary N) is 1. The van der Waals surface area contributed by atoms with Crippen molar-refractivity contribution in [3.8, 4) is 102 Å². The summed E-state index contributed by atoms with van der Waals surface area (Å²) in [6, 6.07) is 109. The molecule has 13 aromatic carbocycles. The molecule has 1 aliphatic rings. The molecule has 3 heterocycles. The Kier molecular flexibility index (Phi) is 13.2. The number of benzene rings is 13. The normalized spacial score (nSPS) is 12.0. The third-order valence-corrected chi connectivity index (χ3v) is 19.1. The van der Waals surface area contributed by atoms with Gasteiger partial charge in [-0.25, -0.2) is 0 Å². The topological polar surface area (TPSA) is 112 Å². The molecule has 2 N–H and O–H groups in total. The molecule has 3 aromatic heterocycles. The Morgan fingerprint density at radius 2 is 0.638 bits per heavy atom. The molecule has 0 bridgehead atoms. The zero-order valence-corrected chi connectivity index (χ0v) is 51.0. The van der Waals surface area contributed by atoms with E-state index in [0.717, 1.165) is 133 Å². The van der Waals surface area contributed by atoms with Crippen molar-refractivity contribution in [3.63, 3.8) is 0 Å². The SMILES string of the molecule is N#Cc1ccc(-c2c(-n3c4ccc(-c5ccccc5)cc4c4cc(-c5ccccc5)ccc43)c(N)c(C#N)c(-n3c4c(c5cc(-c6ccccc6)ccc53)C=C(c3ccccc3)CC4)c2-n2c3ccc(-c4ccccc4)cc3c3cc(-c4ccccc4)ccc32)cc1C#N. The number of rotatable bonds is 10. The van der Waals surface area contributed by atoms with Crippen LogP contribution >= 0.6 is 0 Å². The van der Waals surface area contributed by atoms with E-state index >= 15 is 0 Å². The van der Waals surface area contributed by atoms with Crippen LogP contribution in [0.3, 0.4) is 0 Å². The van der Waals surface area contributed by atoms with Gasteiger partial charge in [-0.2, -0.15) is 15.8 Å². The fraction of sp³-hybridized carbons (Fsp3) is 0.0230. The van der Waals surface area contributed by atoms with Crippen molar-refractivity contribution in [2.45, 2.75) is 12.8 Å². The Labute approximate surface area is 543 Å². The summed E-state index contributed by atoms with van der Waals surface area (Å²) in [5.41, 5.74) is 31.9. The lowest BCUT2D eigenvalue weighted by Crippen LogP contribution is -2.16. The van der Waals surface area contributed by atoms with Crippen molar-refractivity contribution >= 4 is 71.9 Å². The number of allylic oxidation sites excluding steroid dienone is 1. The van der Waals surface area contributed by atoms with Crippen LogP contribution in [-0.2, 0) is 6.42 Å². The van der Waals surface area contributed by atoms with Crippen LogP contribution < -0.4 is 5.73 Å². The molecule has 0 atom stereocenters. The summed E-state index contributed by atoms with van der Waals surface area (Å²) in [5, 5.41) is 39.6. The van der Waals surface area contributed by atoms with Crippen molar-refractivity contribution < 1.29 is 0 Å². The maximum Gasteiger partial charge on any atom is 0.104 e. The second-order valence-corrected chi connectivity index (χ2v) is 24.2. The van der Waals surface area contributed by atoms with Crippen molar-refractivity contribution in [2.24, 2.45) is 0 Å². The Bertz CT molecular complexity index is 5720. The molecule has 16 aromatic rings. The molecule has 94 heavy (non-hydrogen) atoms. The lowest BCUT2D eigenvalue weighted by molar-refractivity contribution is 0.890. The predicted molar refractivity (Wildman–Crippen MR) is 386 cm³/mol. The molecule has 7 heteroatoms. The number of fused-ring (bicyclic) bond motifs is 9. The molecule has 0 spiro atoms. The van der Waals surface area contributed by atoms with Gasteiger partial charge in [0.25, 0.3) is 0 Å². The molecule has 7 nitrogen and oxygen atoms in total. The maximum absolute atomic E-state index is 12.7. The Hall–Kier alpha value is -13.0. The number of nitrogen functional groups attached to an aromatic ring is 1. The molecule has 0 aliphatic heterocycles. The number of nitriles is 3. The second-order valence-electron chi connectivity index (χ2n) is 24.2. The third-order valence-electron chi connectivity index (χ3n) is 19.1. The molecule has 0 saturated carbocycles. The van der Waals surface area contributed by atoms with Gasteiger partial charge in [0.15, 0.2) is 0 Å². The molecule has 1 aliphatic carbocycles. The largest absolute Gasteiger partial charge is 0.396 e. The molecule has 438 valence electrons. The van der Waals surface area contributed by atoms with E-state index in [9.17, 15) is 15.8 Å². The monoisotopic (exact) mass is 1200 g/mol. The molecular formula is C87H55N7. The fourth-order valence-electron chi connectivity index (χ4n) is 14.7. The van der Waals surface area contributed by atoms with Gasteiger partial charge in [-0.1, -0.05) is 218 Å². The first-order chi connectivity index (χ1) is 46.4. The van der Waals surface area contributed by atoms with E-state index in [2.05, 4.69) is 281 Å². The average molecular weight is 1200 g/mol. The van der Waals surface area contributed by atoms with E-state index in [-0.39, 0.29) is 22.4 Å². The van der Waals surface area contributed by atoms with Crippen LogP contribution in [0.1, 0.15) is 39.9 Å². The van der Waals surface area contributed by atoms with E-state index in [4.69, 9.17) is 5.73 Å². The molecule has 0 radical (unpaired) electrons. The zero-order chi connectivity index (χ0) is 63.0. The molecule has 0 saturated heterocycles. The lowest BCUT2D eigenvalue weighted by Gasteiger charge is -2.28. The summed E-state index contributed by atoms with van der Waals surface area (Å²) in [6.45, 7) is 0. The minimum Gasteiger partial charge on any atom is -0.396 e. The van der Waals surface area contributed by atoms with Gasteiger partial charge in [-0.05, 0) is 164 Å². The highest BCUT2D eigenvalue weighted by Gasteiger charge is 2.35. The van der Waals surface area contributed by atoms with Crippen molar-refractivity contribution in [1.82, 2.24) is 13.7 Å². The van der Waals surface area contributed by atoms with E-state index in [1.807, 2.05) is 42.5 Å². The van der Waals surface area contributed by atoms with Gasteiger partial charge in [0, 0.05) is 43.8 Å². The van der Waals surface area contributed by atoms with Gasteiger partial charge in [-0.15, -0.1) is 0 Å². The van der Waals surface area contributed by atoms with Crippen molar-refractivity contribution in [2.75, 3.05) is 5.73 Å². The second kappa shape index (κ2) is 22.5. The van der Waals surface area contributed by atoms with E-state index in [1.165, 1.54) is 5.57 Å². The van der Waals surface area contributed by atoms with Crippen LogP contribution in [0.5, 0.6) is 0 Å². The number of anilines is 1. The Morgan fingerprint density at radius 1 is 0.287 bits per heavy atom. The molecule has 0 unspecified atom stereocenters. The number of hydrogen-bond donors (Lipinski definition) is 1. The first-order valence-corrected chi connectivity index (χ1v) is 31.6. The van der Waals surface area contributed by atoms with E-state index in [1.54, 1.807) is 6.07 Å². The van der Waals surface area contributed by atoms with Gasteiger partial charge in [-0.3, -0.25) is 0 Å². The van der Waals surface area contributed by atoms with E-state index in [0.29, 0.717) is 34.6 Å². The quantitative estimate of drug-likeness (QED) is 0.137. The first kappa shape index (κ1) is 55.1. The molecular weight excluding hydrogens is 1140 g/mol. The van der Waals surface area contributed by atoms with Crippen LogP contribution in [0.15, 0.2) is 291 Å². The summed E-state index contributed by atoms with van der Waals surface area (Å²) < 4.78 is 6.94. The third kappa shape index (κ3) is 8.93. The van der Waals surface area contributed by atoms with Gasteiger partial charge >= 0.3 is 0 Å². The van der Waals surface area contributed by atoms with E-state index < -0.39 is 0 Å². The Morgan fingerprint density at radius 3 is 1.02 bits per heavy atom. The molecule has 0 amide bonds.